The van der Waals surface area contributed by atoms with E-state index < -0.39 is 0 Å². The fraction of sp³-hybridized carbons (Fsp3) is 0.462. The summed E-state index contributed by atoms with van der Waals surface area (Å²) < 4.78 is 0. The van der Waals surface area contributed by atoms with Crippen molar-refractivity contribution < 1.29 is 0 Å². The van der Waals surface area contributed by atoms with E-state index in [0.29, 0.717) is 5.92 Å². The maximum Gasteiger partial charge on any atom is 0.169 e. The fourth-order valence-corrected chi connectivity index (χ4v) is 2.09. The molecule has 86 valence electrons. The fourth-order valence-electron chi connectivity index (χ4n) is 1.88. The Hall–Kier alpha value is -1.09. The topological polar surface area (TPSA) is 15.3 Å². The van der Waals surface area contributed by atoms with Crippen LogP contribution in [0.15, 0.2) is 24.3 Å². The molecule has 2 rings (SSSR count). The number of hydrogen-bond acceptors (Lipinski definition) is 1. The molecular formula is C13H18N2S. The molecule has 2 nitrogen and oxygen atoms in total. The number of benzene rings is 1. The van der Waals surface area contributed by atoms with Gasteiger partial charge in [0.15, 0.2) is 5.11 Å². The monoisotopic (exact) mass is 234 g/mol. The highest BCUT2D eigenvalue weighted by atomic mass is 32.1. The van der Waals surface area contributed by atoms with Crippen molar-refractivity contribution in [1.82, 2.24) is 10.2 Å². The Morgan fingerprint density at radius 1 is 1.31 bits per heavy atom. The third-order valence-electron chi connectivity index (χ3n) is 2.79. The van der Waals surface area contributed by atoms with Crippen LogP contribution in [-0.4, -0.2) is 16.6 Å². The highest BCUT2D eigenvalue weighted by Crippen LogP contribution is 2.21. The average Bonchev–Trinajstić information content (AvgIpc) is 2.69. The van der Waals surface area contributed by atoms with E-state index in [9.17, 15) is 0 Å². The first-order chi connectivity index (χ1) is 7.66. The second kappa shape index (κ2) is 4.83. The Balaban J connectivity index is 1.93. The molecule has 0 bridgehead atoms. The minimum absolute atomic E-state index is 0.628. The molecule has 1 aromatic rings. The summed E-state index contributed by atoms with van der Waals surface area (Å²) >= 11 is 5.39. The summed E-state index contributed by atoms with van der Waals surface area (Å²) in [5.41, 5.74) is 2.80. The molecule has 0 saturated carbocycles. The lowest BCUT2D eigenvalue weighted by molar-refractivity contribution is 0.433. The Kier molecular flexibility index (Phi) is 3.44. The first kappa shape index (κ1) is 11.4. The van der Waals surface area contributed by atoms with Crippen LogP contribution in [0.5, 0.6) is 0 Å². The molecular weight excluding hydrogens is 216 g/mol. The minimum atomic E-state index is 0.628. The van der Waals surface area contributed by atoms with Crippen molar-refractivity contribution >= 4 is 17.3 Å². The van der Waals surface area contributed by atoms with E-state index in [4.69, 9.17) is 12.2 Å². The number of hydrogen-bond donors (Lipinski definition) is 1. The van der Waals surface area contributed by atoms with Crippen LogP contribution >= 0.6 is 12.2 Å². The summed E-state index contributed by atoms with van der Waals surface area (Å²) in [6.45, 7) is 7.22. The Labute approximate surface area is 103 Å². The largest absolute Gasteiger partial charge is 0.362 e. The van der Waals surface area contributed by atoms with Crippen molar-refractivity contribution in [3.8, 4) is 0 Å². The average molecular weight is 234 g/mol. The van der Waals surface area contributed by atoms with Crippen LogP contribution in [0.2, 0.25) is 0 Å². The molecule has 1 aromatic carbocycles. The van der Waals surface area contributed by atoms with Crippen LogP contribution in [0.25, 0.3) is 0 Å². The Bertz CT molecular complexity index is 362. The van der Waals surface area contributed by atoms with Gasteiger partial charge in [0.25, 0.3) is 0 Å². The second-order valence-corrected chi connectivity index (χ2v) is 5.09. The van der Waals surface area contributed by atoms with Crippen LogP contribution in [0.1, 0.15) is 25.0 Å². The Morgan fingerprint density at radius 2 is 1.88 bits per heavy atom. The Morgan fingerprint density at radius 3 is 2.38 bits per heavy atom. The number of fused-ring (bicyclic) bond motifs is 1. The van der Waals surface area contributed by atoms with Crippen LogP contribution in [0, 0.1) is 5.92 Å². The number of thiocarbonyl (C=S) groups is 1. The van der Waals surface area contributed by atoms with Gasteiger partial charge in [-0.05, 0) is 29.3 Å². The van der Waals surface area contributed by atoms with Gasteiger partial charge in [-0.2, -0.15) is 0 Å². The number of nitrogens with zero attached hydrogens (tertiary/aromatic N) is 1. The van der Waals surface area contributed by atoms with Gasteiger partial charge in [-0.3, -0.25) is 0 Å². The summed E-state index contributed by atoms with van der Waals surface area (Å²) in [5, 5.41) is 4.20. The van der Waals surface area contributed by atoms with E-state index in [-0.39, 0.29) is 0 Å². The van der Waals surface area contributed by atoms with Crippen LogP contribution < -0.4 is 5.32 Å². The molecule has 0 saturated heterocycles. The predicted octanol–water partition coefficient (Wildman–Crippen LogP) is 2.53. The third-order valence-corrected chi connectivity index (χ3v) is 3.19. The standard InChI is InChI=1S/C13H18N2S/c1-10(2)7-14-13(16)15-8-11-5-3-4-6-12(11)9-15/h3-6,10H,7-9H2,1-2H3,(H,14,16). The zero-order chi connectivity index (χ0) is 11.5. The third kappa shape index (κ3) is 2.53. The summed E-state index contributed by atoms with van der Waals surface area (Å²) in [7, 11) is 0. The molecule has 1 N–H and O–H groups in total. The van der Waals surface area contributed by atoms with Gasteiger partial charge < -0.3 is 10.2 Å². The van der Waals surface area contributed by atoms with Gasteiger partial charge in [0.05, 0.1) is 0 Å². The molecule has 1 aliphatic rings. The summed E-state index contributed by atoms with van der Waals surface area (Å²) in [6, 6.07) is 8.54. The van der Waals surface area contributed by atoms with Crippen LogP contribution in [0.4, 0.5) is 0 Å². The number of nitrogens with one attached hydrogen (secondary N) is 1. The summed E-state index contributed by atoms with van der Waals surface area (Å²) in [4.78, 5) is 2.22. The first-order valence-corrected chi connectivity index (χ1v) is 6.17. The molecule has 0 spiro atoms. The molecule has 3 heteroatoms. The van der Waals surface area contributed by atoms with Crippen LogP contribution in [-0.2, 0) is 13.1 Å². The lowest BCUT2D eigenvalue weighted by Crippen LogP contribution is -2.37. The molecule has 0 unspecified atom stereocenters. The van der Waals surface area contributed by atoms with Crippen molar-refractivity contribution in [1.29, 1.82) is 0 Å². The highest BCUT2D eigenvalue weighted by molar-refractivity contribution is 7.80. The molecule has 1 aliphatic heterocycles. The van der Waals surface area contributed by atoms with Crippen molar-refractivity contribution in [3.63, 3.8) is 0 Å². The van der Waals surface area contributed by atoms with E-state index >= 15 is 0 Å². The maximum atomic E-state index is 5.39. The van der Waals surface area contributed by atoms with Gasteiger partial charge in [-0.15, -0.1) is 0 Å². The minimum Gasteiger partial charge on any atom is -0.362 e. The molecule has 1 heterocycles. The summed E-state index contributed by atoms with van der Waals surface area (Å²) in [6.07, 6.45) is 0. The lowest BCUT2D eigenvalue weighted by Gasteiger charge is -2.20. The van der Waals surface area contributed by atoms with Gasteiger partial charge >= 0.3 is 0 Å². The smallest absolute Gasteiger partial charge is 0.169 e. The second-order valence-electron chi connectivity index (χ2n) is 4.70. The molecule has 0 radical (unpaired) electrons. The van der Waals surface area contributed by atoms with E-state index in [2.05, 4.69) is 48.3 Å². The lowest BCUT2D eigenvalue weighted by atomic mass is 10.1. The maximum absolute atomic E-state index is 5.39. The van der Waals surface area contributed by atoms with Gasteiger partial charge in [0.1, 0.15) is 0 Å². The van der Waals surface area contributed by atoms with Gasteiger partial charge in [0, 0.05) is 19.6 Å². The molecule has 0 fully saturated rings. The van der Waals surface area contributed by atoms with E-state index in [1.807, 2.05) is 0 Å². The molecule has 16 heavy (non-hydrogen) atoms. The van der Waals surface area contributed by atoms with Crippen LogP contribution in [0.3, 0.4) is 0 Å². The zero-order valence-electron chi connectivity index (χ0n) is 9.86. The van der Waals surface area contributed by atoms with E-state index in [1.165, 1.54) is 11.1 Å². The molecule has 0 amide bonds. The SMILES string of the molecule is CC(C)CNC(=S)N1Cc2ccccc2C1. The molecule has 0 atom stereocenters. The van der Waals surface area contributed by atoms with Crippen molar-refractivity contribution in [2.24, 2.45) is 5.92 Å². The van der Waals surface area contributed by atoms with E-state index in [0.717, 1.165) is 24.7 Å². The quantitative estimate of drug-likeness (QED) is 0.792. The predicted molar refractivity (Wildman–Crippen MR) is 71.1 cm³/mol. The zero-order valence-corrected chi connectivity index (χ0v) is 10.7. The molecule has 0 aromatic heterocycles. The van der Waals surface area contributed by atoms with Crippen molar-refractivity contribution in [2.75, 3.05) is 6.54 Å². The van der Waals surface area contributed by atoms with Crippen molar-refractivity contribution in [3.05, 3.63) is 35.4 Å². The van der Waals surface area contributed by atoms with Gasteiger partial charge in [0.2, 0.25) is 0 Å². The number of rotatable bonds is 2. The van der Waals surface area contributed by atoms with Crippen molar-refractivity contribution in [2.45, 2.75) is 26.9 Å². The van der Waals surface area contributed by atoms with E-state index in [1.54, 1.807) is 0 Å². The highest BCUT2D eigenvalue weighted by Gasteiger charge is 2.19. The molecule has 0 aliphatic carbocycles. The first-order valence-electron chi connectivity index (χ1n) is 5.76. The van der Waals surface area contributed by atoms with Gasteiger partial charge in [-0.1, -0.05) is 38.1 Å². The van der Waals surface area contributed by atoms with Gasteiger partial charge in [-0.25, -0.2) is 0 Å². The summed E-state index contributed by atoms with van der Waals surface area (Å²) in [5.74, 6) is 0.628. The normalized spacial score (nSPS) is 14.1.